The molecule has 2 heterocycles. The predicted molar refractivity (Wildman–Crippen MR) is 81.2 cm³/mol. The Hall–Kier alpha value is -1.95. The van der Waals surface area contributed by atoms with Crippen LogP contribution in [0, 0.1) is 0 Å². The molecule has 6 heteroatoms. The van der Waals surface area contributed by atoms with Crippen LogP contribution >= 0.6 is 11.8 Å². The zero-order chi connectivity index (χ0) is 13.9. The van der Waals surface area contributed by atoms with Crippen molar-refractivity contribution in [1.29, 1.82) is 0 Å². The zero-order valence-corrected chi connectivity index (χ0v) is 11.8. The molecule has 2 aromatic rings. The molecule has 1 aromatic heterocycles. The SMILES string of the molecule is Nc1cccc(-n2ccc(C(=O)N3CCSCC3)n2)c1. The molecule has 0 spiro atoms. The Labute approximate surface area is 121 Å². The Bertz CT molecular complexity index is 619. The molecule has 1 amide bonds. The molecule has 5 nitrogen and oxygen atoms in total. The van der Waals surface area contributed by atoms with E-state index >= 15 is 0 Å². The lowest BCUT2D eigenvalue weighted by Gasteiger charge is -2.25. The summed E-state index contributed by atoms with van der Waals surface area (Å²) in [5, 5.41) is 4.36. The van der Waals surface area contributed by atoms with Gasteiger partial charge in [0, 0.05) is 36.5 Å². The van der Waals surface area contributed by atoms with E-state index in [9.17, 15) is 4.79 Å². The first kappa shape index (κ1) is 13.1. The van der Waals surface area contributed by atoms with Gasteiger partial charge in [0.15, 0.2) is 5.69 Å². The number of carbonyl (C=O) groups is 1. The van der Waals surface area contributed by atoms with Gasteiger partial charge in [0.2, 0.25) is 0 Å². The number of nitrogens with two attached hydrogens (primary N) is 1. The molecule has 0 saturated carbocycles. The molecule has 0 unspecified atom stereocenters. The van der Waals surface area contributed by atoms with E-state index in [-0.39, 0.29) is 5.91 Å². The fourth-order valence-electron chi connectivity index (χ4n) is 2.18. The summed E-state index contributed by atoms with van der Waals surface area (Å²) in [5.41, 5.74) is 7.79. The van der Waals surface area contributed by atoms with Crippen LogP contribution in [-0.2, 0) is 0 Å². The lowest BCUT2D eigenvalue weighted by molar-refractivity contribution is 0.0766. The summed E-state index contributed by atoms with van der Waals surface area (Å²) in [6.45, 7) is 1.60. The molecule has 1 fully saturated rings. The highest BCUT2D eigenvalue weighted by molar-refractivity contribution is 7.99. The van der Waals surface area contributed by atoms with E-state index in [1.165, 1.54) is 0 Å². The van der Waals surface area contributed by atoms with Crippen LogP contribution < -0.4 is 5.73 Å². The van der Waals surface area contributed by atoms with Crippen LogP contribution in [0.1, 0.15) is 10.5 Å². The number of benzene rings is 1. The third-order valence-electron chi connectivity index (χ3n) is 3.24. The molecular formula is C14H16N4OS. The van der Waals surface area contributed by atoms with Crippen LogP contribution in [0.2, 0.25) is 0 Å². The van der Waals surface area contributed by atoms with Crippen LogP contribution in [0.4, 0.5) is 5.69 Å². The number of aromatic nitrogens is 2. The van der Waals surface area contributed by atoms with Gasteiger partial charge < -0.3 is 10.6 Å². The molecule has 20 heavy (non-hydrogen) atoms. The maximum absolute atomic E-state index is 12.3. The number of hydrogen-bond donors (Lipinski definition) is 1. The van der Waals surface area contributed by atoms with Gasteiger partial charge in [0.1, 0.15) is 0 Å². The Morgan fingerprint density at radius 3 is 2.80 bits per heavy atom. The molecule has 0 bridgehead atoms. The van der Waals surface area contributed by atoms with E-state index in [1.54, 1.807) is 16.9 Å². The van der Waals surface area contributed by atoms with E-state index in [0.29, 0.717) is 11.4 Å². The van der Waals surface area contributed by atoms with E-state index in [4.69, 9.17) is 5.73 Å². The quantitative estimate of drug-likeness (QED) is 0.853. The minimum Gasteiger partial charge on any atom is -0.399 e. The lowest BCUT2D eigenvalue weighted by atomic mass is 10.3. The van der Waals surface area contributed by atoms with Crippen molar-refractivity contribution in [1.82, 2.24) is 14.7 Å². The van der Waals surface area contributed by atoms with E-state index < -0.39 is 0 Å². The predicted octanol–water partition coefficient (Wildman–Crippen LogP) is 1.64. The maximum Gasteiger partial charge on any atom is 0.274 e. The van der Waals surface area contributed by atoms with Crippen molar-refractivity contribution in [3.05, 3.63) is 42.2 Å². The topological polar surface area (TPSA) is 64.2 Å². The molecule has 104 valence electrons. The molecule has 3 rings (SSSR count). The first-order valence-corrected chi connectivity index (χ1v) is 7.68. The highest BCUT2D eigenvalue weighted by Crippen LogP contribution is 2.14. The molecule has 0 radical (unpaired) electrons. The van der Waals surface area contributed by atoms with Crippen LogP contribution in [0.25, 0.3) is 5.69 Å². The normalized spacial score (nSPS) is 15.3. The van der Waals surface area contributed by atoms with Gasteiger partial charge in [-0.2, -0.15) is 16.9 Å². The average Bonchev–Trinajstić information content (AvgIpc) is 2.97. The third kappa shape index (κ3) is 2.65. The second-order valence-electron chi connectivity index (χ2n) is 4.65. The van der Waals surface area contributed by atoms with Crippen LogP contribution in [0.15, 0.2) is 36.5 Å². The maximum atomic E-state index is 12.3. The van der Waals surface area contributed by atoms with Crippen molar-refractivity contribution in [2.45, 2.75) is 0 Å². The van der Waals surface area contributed by atoms with Crippen molar-refractivity contribution in [2.75, 3.05) is 30.3 Å². The molecule has 1 saturated heterocycles. The molecule has 2 N–H and O–H groups in total. The minimum atomic E-state index is 0.00736. The van der Waals surface area contributed by atoms with Crippen molar-refractivity contribution >= 4 is 23.4 Å². The number of nitrogen functional groups attached to an aromatic ring is 1. The summed E-state index contributed by atoms with van der Waals surface area (Å²) in [6.07, 6.45) is 1.79. The van der Waals surface area contributed by atoms with Crippen LogP contribution in [0.3, 0.4) is 0 Å². The Kier molecular flexibility index (Phi) is 3.64. The fourth-order valence-corrected chi connectivity index (χ4v) is 3.08. The number of hydrogen-bond acceptors (Lipinski definition) is 4. The molecule has 1 aliphatic heterocycles. The summed E-state index contributed by atoms with van der Waals surface area (Å²) in [5.74, 6) is 2.01. The standard InChI is InChI=1S/C14H16N4OS/c15-11-2-1-3-12(10-11)18-5-4-13(16-18)14(19)17-6-8-20-9-7-17/h1-5,10H,6-9,15H2. The van der Waals surface area contributed by atoms with E-state index in [0.717, 1.165) is 30.3 Å². The molecule has 0 aliphatic carbocycles. The van der Waals surface area contributed by atoms with Gasteiger partial charge in [0.25, 0.3) is 5.91 Å². The van der Waals surface area contributed by atoms with E-state index in [1.807, 2.05) is 40.9 Å². The summed E-state index contributed by atoms with van der Waals surface area (Å²) < 4.78 is 1.68. The van der Waals surface area contributed by atoms with Gasteiger partial charge in [-0.05, 0) is 24.3 Å². The monoisotopic (exact) mass is 288 g/mol. The zero-order valence-electron chi connectivity index (χ0n) is 11.0. The Morgan fingerprint density at radius 2 is 2.05 bits per heavy atom. The summed E-state index contributed by atoms with van der Waals surface area (Å²) in [7, 11) is 0. The van der Waals surface area contributed by atoms with Gasteiger partial charge in [0.05, 0.1) is 5.69 Å². The number of nitrogens with zero attached hydrogens (tertiary/aromatic N) is 3. The van der Waals surface area contributed by atoms with Crippen LogP contribution in [0.5, 0.6) is 0 Å². The van der Waals surface area contributed by atoms with Crippen molar-refractivity contribution in [3.63, 3.8) is 0 Å². The minimum absolute atomic E-state index is 0.00736. The second kappa shape index (κ2) is 5.58. The fraction of sp³-hybridized carbons (Fsp3) is 0.286. The highest BCUT2D eigenvalue weighted by Gasteiger charge is 2.20. The van der Waals surface area contributed by atoms with Crippen molar-refractivity contribution in [2.24, 2.45) is 0 Å². The largest absolute Gasteiger partial charge is 0.399 e. The molecule has 1 aromatic carbocycles. The first-order chi connectivity index (χ1) is 9.74. The molecule has 1 aliphatic rings. The number of thioether (sulfide) groups is 1. The number of rotatable bonds is 2. The van der Waals surface area contributed by atoms with Gasteiger partial charge >= 0.3 is 0 Å². The Morgan fingerprint density at radius 1 is 1.25 bits per heavy atom. The van der Waals surface area contributed by atoms with E-state index in [2.05, 4.69) is 5.10 Å². The van der Waals surface area contributed by atoms with Crippen molar-refractivity contribution < 1.29 is 4.79 Å². The third-order valence-corrected chi connectivity index (χ3v) is 4.18. The lowest BCUT2D eigenvalue weighted by Crippen LogP contribution is -2.38. The highest BCUT2D eigenvalue weighted by atomic mass is 32.2. The molecular weight excluding hydrogens is 272 g/mol. The van der Waals surface area contributed by atoms with Gasteiger partial charge in [-0.1, -0.05) is 6.07 Å². The smallest absolute Gasteiger partial charge is 0.274 e. The number of anilines is 1. The summed E-state index contributed by atoms with van der Waals surface area (Å²) in [6, 6.07) is 9.20. The summed E-state index contributed by atoms with van der Waals surface area (Å²) >= 11 is 1.88. The number of carbonyl (C=O) groups excluding carboxylic acids is 1. The van der Waals surface area contributed by atoms with Crippen molar-refractivity contribution in [3.8, 4) is 5.69 Å². The van der Waals surface area contributed by atoms with Crippen LogP contribution in [-0.4, -0.2) is 45.2 Å². The summed E-state index contributed by atoms with van der Waals surface area (Å²) in [4.78, 5) is 14.2. The average molecular weight is 288 g/mol. The first-order valence-electron chi connectivity index (χ1n) is 6.53. The Balaban J connectivity index is 1.81. The molecule has 0 atom stereocenters. The second-order valence-corrected chi connectivity index (χ2v) is 5.87. The number of amides is 1. The van der Waals surface area contributed by atoms with Gasteiger partial charge in [-0.15, -0.1) is 0 Å². The van der Waals surface area contributed by atoms with Gasteiger partial charge in [-0.3, -0.25) is 4.79 Å². The van der Waals surface area contributed by atoms with Gasteiger partial charge in [-0.25, -0.2) is 4.68 Å².